The van der Waals surface area contributed by atoms with Gasteiger partial charge in [-0.3, -0.25) is 0 Å². The highest BCUT2D eigenvalue weighted by atomic mass is 32.2. The van der Waals surface area contributed by atoms with E-state index in [1.165, 1.54) is 35.8 Å². The van der Waals surface area contributed by atoms with E-state index in [2.05, 4.69) is 34.4 Å². The van der Waals surface area contributed by atoms with Gasteiger partial charge in [-0.15, -0.1) is 11.3 Å². The number of thiazole rings is 1. The number of aromatic nitrogens is 1. The Kier molecular flexibility index (Phi) is 4.05. The fraction of sp³-hybridized carbons (Fsp3) is 0.727. The Morgan fingerprint density at radius 3 is 2.87 bits per heavy atom. The summed E-state index contributed by atoms with van der Waals surface area (Å²) in [4.78, 5) is 4.51. The normalized spacial score (nSPS) is 20.3. The lowest BCUT2D eigenvalue weighted by molar-refractivity contribution is 0.307. The van der Waals surface area contributed by atoms with E-state index in [1.54, 1.807) is 11.3 Å². The summed E-state index contributed by atoms with van der Waals surface area (Å²) in [5.74, 6) is 2.52. The lowest BCUT2D eigenvalue weighted by Gasteiger charge is -2.36. The monoisotopic (exact) mass is 242 g/mol. The maximum atomic E-state index is 4.51. The quantitative estimate of drug-likeness (QED) is 0.879. The average molecular weight is 242 g/mol. The van der Waals surface area contributed by atoms with Crippen molar-refractivity contribution in [3.8, 4) is 0 Å². The van der Waals surface area contributed by atoms with Crippen LogP contribution < -0.4 is 5.32 Å². The molecule has 15 heavy (non-hydrogen) atoms. The van der Waals surface area contributed by atoms with Crippen LogP contribution in [0, 0.1) is 0 Å². The van der Waals surface area contributed by atoms with Gasteiger partial charge in [-0.2, -0.15) is 11.8 Å². The van der Waals surface area contributed by atoms with Crippen LogP contribution in [-0.2, 0) is 5.54 Å². The molecule has 2 nitrogen and oxygen atoms in total. The molecule has 0 aliphatic carbocycles. The standard InChI is InChI=1S/C11H18N2S2/c1-2-5-13-11(3-7-14-8-4-11)10-12-6-9-15-10/h6,9,13H,2-5,7-8H2,1H3. The molecule has 2 heterocycles. The van der Waals surface area contributed by atoms with Crippen molar-refractivity contribution < 1.29 is 0 Å². The van der Waals surface area contributed by atoms with Gasteiger partial charge in [0.25, 0.3) is 0 Å². The molecule has 0 amide bonds. The summed E-state index contributed by atoms with van der Waals surface area (Å²) in [6.45, 7) is 3.32. The zero-order chi connectivity index (χ0) is 10.6. The summed E-state index contributed by atoms with van der Waals surface area (Å²) in [6.07, 6.45) is 5.58. The van der Waals surface area contributed by atoms with Gasteiger partial charge in [0.05, 0.1) is 5.54 Å². The molecule has 0 unspecified atom stereocenters. The third-order valence-electron chi connectivity index (χ3n) is 2.90. The summed E-state index contributed by atoms with van der Waals surface area (Å²) in [6, 6.07) is 0. The molecule has 1 aromatic heterocycles. The molecule has 1 aliphatic heterocycles. The first-order valence-electron chi connectivity index (χ1n) is 5.60. The average Bonchev–Trinajstić information content (AvgIpc) is 2.82. The van der Waals surface area contributed by atoms with Gasteiger partial charge < -0.3 is 5.32 Å². The van der Waals surface area contributed by atoms with Gasteiger partial charge in [-0.05, 0) is 37.3 Å². The van der Waals surface area contributed by atoms with Gasteiger partial charge in [-0.1, -0.05) is 6.92 Å². The second kappa shape index (κ2) is 5.32. The second-order valence-corrected chi connectivity index (χ2v) is 6.08. The molecule has 1 saturated heterocycles. The third kappa shape index (κ3) is 2.55. The van der Waals surface area contributed by atoms with Gasteiger partial charge in [0, 0.05) is 11.6 Å². The van der Waals surface area contributed by atoms with Crippen molar-refractivity contribution in [2.75, 3.05) is 18.1 Å². The minimum atomic E-state index is 0.190. The fourth-order valence-electron chi connectivity index (χ4n) is 2.01. The van der Waals surface area contributed by atoms with Crippen LogP contribution in [-0.4, -0.2) is 23.0 Å². The van der Waals surface area contributed by atoms with Crippen LogP contribution in [0.1, 0.15) is 31.2 Å². The fourth-order valence-corrected chi connectivity index (χ4v) is 4.07. The molecule has 0 atom stereocenters. The van der Waals surface area contributed by atoms with Crippen LogP contribution in [0.2, 0.25) is 0 Å². The van der Waals surface area contributed by atoms with Gasteiger partial charge in [0.2, 0.25) is 0 Å². The Balaban J connectivity index is 2.14. The number of thioether (sulfide) groups is 1. The molecule has 0 aromatic carbocycles. The maximum Gasteiger partial charge on any atom is 0.113 e. The molecule has 0 radical (unpaired) electrons. The molecule has 0 spiro atoms. The van der Waals surface area contributed by atoms with E-state index in [1.807, 2.05) is 6.20 Å². The first-order chi connectivity index (χ1) is 7.37. The van der Waals surface area contributed by atoms with Gasteiger partial charge in [-0.25, -0.2) is 4.98 Å². The predicted molar refractivity (Wildman–Crippen MR) is 68.6 cm³/mol. The number of hydrogen-bond donors (Lipinski definition) is 1. The lowest BCUT2D eigenvalue weighted by Crippen LogP contribution is -2.45. The van der Waals surface area contributed by atoms with Gasteiger partial charge in [0.1, 0.15) is 5.01 Å². The summed E-state index contributed by atoms with van der Waals surface area (Å²) >= 11 is 3.86. The Bertz CT molecular complexity index is 279. The topological polar surface area (TPSA) is 24.9 Å². The van der Waals surface area contributed by atoms with Crippen molar-refractivity contribution in [3.63, 3.8) is 0 Å². The van der Waals surface area contributed by atoms with E-state index in [-0.39, 0.29) is 5.54 Å². The molecule has 0 bridgehead atoms. The van der Waals surface area contributed by atoms with Crippen molar-refractivity contribution in [3.05, 3.63) is 16.6 Å². The van der Waals surface area contributed by atoms with Crippen molar-refractivity contribution in [2.24, 2.45) is 0 Å². The van der Waals surface area contributed by atoms with Crippen LogP contribution >= 0.6 is 23.1 Å². The third-order valence-corrected chi connectivity index (χ3v) is 4.86. The van der Waals surface area contributed by atoms with Crippen LogP contribution in [0.15, 0.2) is 11.6 Å². The Labute approximate surface area is 99.9 Å². The first-order valence-corrected chi connectivity index (χ1v) is 7.63. The first kappa shape index (κ1) is 11.4. The molecule has 1 fully saturated rings. The number of hydrogen-bond acceptors (Lipinski definition) is 4. The van der Waals surface area contributed by atoms with Crippen molar-refractivity contribution >= 4 is 23.1 Å². The predicted octanol–water partition coefficient (Wildman–Crippen LogP) is 2.87. The van der Waals surface area contributed by atoms with Crippen LogP contribution in [0.25, 0.3) is 0 Å². The summed E-state index contributed by atoms with van der Waals surface area (Å²) in [7, 11) is 0. The van der Waals surface area contributed by atoms with E-state index < -0.39 is 0 Å². The Hall–Kier alpha value is -0.0600. The molecule has 84 valence electrons. The highest BCUT2D eigenvalue weighted by Crippen LogP contribution is 2.36. The molecule has 0 saturated carbocycles. The minimum absolute atomic E-state index is 0.190. The van der Waals surface area contributed by atoms with Crippen molar-refractivity contribution in [2.45, 2.75) is 31.7 Å². The van der Waals surface area contributed by atoms with E-state index in [9.17, 15) is 0 Å². The molecule has 2 rings (SSSR count). The van der Waals surface area contributed by atoms with Crippen LogP contribution in [0.3, 0.4) is 0 Å². The van der Waals surface area contributed by atoms with E-state index in [0.717, 1.165) is 6.54 Å². The molecule has 4 heteroatoms. The summed E-state index contributed by atoms with van der Waals surface area (Å²) < 4.78 is 0. The Morgan fingerprint density at radius 2 is 2.27 bits per heavy atom. The van der Waals surface area contributed by atoms with Gasteiger partial charge >= 0.3 is 0 Å². The van der Waals surface area contributed by atoms with Gasteiger partial charge in [0.15, 0.2) is 0 Å². The highest BCUT2D eigenvalue weighted by molar-refractivity contribution is 7.99. The smallest absolute Gasteiger partial charge is 0.113 e. The zero-order valence-corrected chi connectivity index (χ0v) is 10.8. The summed E-state index contributed by atoms with van der Waals surface area (Å²) in [5.41, 5.74) is 0.190. The van der Waals surface area contributed by atoms with Crippen molar-refractivity contribution in [1.29, 1.82) is 0 Å². The van der Waals surface area contributed by atoms with E-state index in [4.69, 9.17) is 0 Å². The van der Waals surface area contributed by atoms with Crippen molar-refractivity contribution in [1.82, 2.24) is 10.3 Å². The molecule has 1 aromatic rings. The molecular formula is C11H18N2S2. The summed E-state index contributed by atoms with van der Waals surface area (Å²) in [5, 5.41) is 7.10. The van der Waals surface area contributed by atoms with Crippen LogP contribution in [0.5, 0.6) is 0 Å². The van der Waals surface area contributed by atoms with E-state index in [0.29, 0.717) is 0 Å². The SMILES string of the molecule is CCCNC1(c2nccs2)CCSCC1. The number of rotatable bonds is 4. The molecular weight excluding hydrogens is 224 g/mol. The molecule has 1 N–H and O–H groups in total. The lowest BCUT2D eigenvalue weighted by atomic mass is 9.93. The largest absolute Gasteiger partial charge is 0.305 e. The Morgan fingerprint density at radius 1 is 1.47 bits per heavy atom. The number of nitrogens with one attached hydrogen (secondary N) is 1. The number of nitrogens with zero attached hydrogens (tertiary/aromatic N) is 1. The van der Waals surface area contributed by atoms with Crippen LogP contribution in [0.4, 0.5) is 0 Å². The van der Waals surface area contributed by atoms with E-state index >= 15 is 0 Å². The second-order valence-electron chi connectivity index (χ2n) is 3.96. The highest BCUT2D eigenvalue weighted by Gasteiger charge is 2.35. The minimum Gasteiger partial charge on any atom is -0.305 e. The maximum absolute atomic E-state index is 4.51. The zero-order valence-electron chi connectivity index (χ0n) is 9.16. The molecule has 1 aliphatic rings.